The van der Waals surface area contributed by atoms with Crippen LogP contribution in [0.25, 0.3) is 0 Å². The molecule has 0 fully saturated rings. The van der Waals surface area contributed by atoms with Gasteiger partial charge in [-0.05, 0) is 49.2 Å². The van der Waals surface area contributed by atoms with Gasteiger partial charge in [0.25, 0.3) is 0 Å². The van der Waals surface area contributed by atoms with Gasteiger partial charge in [0, 0.05) is 21.2 Å². The van der Waals surface area contributed by atoms with Crippen LogP contribution >= 0.6 is 27.5 Å². The van der Waals surface area contributed by atoms with Crippen LogP contribution in [-0.4, -0.2) is 0 Å². The van der Waals surface area contributed by atoms with Crippen molar-refractivity contribution in [2.45, 2.75) is 19.9 Å². The Morgan fingerprint density at radius 3 is 2.67 bits per heavy atom. The lowest BCUT2D eigenvalue weighted by Gasteiger charge is -2.18. The molecule has 0 heterocycles. The highest BCUT2D eigenvalue weighted by Crippen LogP contribution is 2.26. The smallest absolute Gasteiger partial charge is 0.0486 e. The molecule has 0 aliphatic heterocycles. The summed E-state index contributed by atoms with van der Waals surface area (Å²) in [5.41, 5.74) is 3.55. The van der Waals surface area contributed by atoms with Crippen LogP contribution in [0.3, 0.4) is 0 Å². The third-order valence-electron chi connectivity index (χ3n) is 2.92. The Hall–Kier alpha value is -0.990. The summed E-state index contributed by atoms with van der Waals surface area (Å²) in [6.07, 6.45) is 0. The normalized spacial score (nSPS) is 12.2. The second-order valence-corrected chi connectivity index (χ2v) is 5.73. The fourth-order valence-electron chi connectivity index (χ4n) is 1.84. The van der Waals surface area contributed by atoms with Crippen LogP contribution in [0.1, 0.15) is 24.1 Å². The maximum Gasteiger partial charge on any atom is 0.0486 e. The lowest BCUT2D eigenvalue weighted by Crippen LogP contribution is -2.07. The van der Waals surface area contributed by atoms with E-state index in [1.165, 1.54) is 11.1 Å². The minimum absolute atomic E-state index is 0.219. The van der Waals surface area contributed by atoms with E-state index in [4.69, 9.17) is 11.6 Å². The van der Waals surface area contributed by atoms with Crippen LogP contribution in [0.5, 0.6) is 0 Å². The predicted molar refractivity (Wildman–Crippen MR) is 82.4 cm³/mol. The van der Waals surface area contributed by atoms with Gasteiger partial charge < -0.3 is 5.32 Å². The average Bonchev–Trinajstić information content (AvgIpc) is 2.34. The molecule has 3 heteroatoms. The van der Waals surface area contributed by atoms with Crippen LogP contribution in [0.4, 0.5) is 5.69 Å². The molecular weight excluding hydrogens is 310 g/mol. The van der Waals surface area contributed by atoms with Gasteiger partial charge in [-0.25, -0.2) is 0 Å². The molecule has 0 bridgehead atoms. The number of benzene rings is 2. The van der Waals surface area contributed by atoms with Gasteiger partial charge in [-0.15, -0.1) is 0 Å². The highest BCUT2D eigenvalue weighted by Gasteiger charge is 2.07. The monoisotopic (exact) mass is 323 g/mol. The molecule has 0 aliphatic rings. The zero-order chi connectivity index (χ0) is 13.1. The summed E-state index contributed by atoms with van der Waals surface area (Å²) in [5.74, 6) is 0. The molecule has 18 heavy (non-hydrogen) atoms. The summed E-state index contributed by atoms with van der Waals surface area (Å²) in [6.45, 7) is 4.23. The van der Waals surface area contributed by atoms with E-state index in [9.17, 15) is 0 Å². The summed E-state index contributed by atoms with van der Waals surface area (Å²) in [7, 11) is 0. The first kappa shape index (κ1) is 13.4. The number of halogens is 2. The topological polar surface area (TPSA) is 12.0 Å². The second kappa shape index (κ2) is 5.77. The molecule has 1 N–H and O–H groups in total. The molecule has 2 aromatic rings. The Labute approximate surface area is 121 Å². The molecule has 2 rings (SSSR count). The second-order valence-electron chi connectivity index (χ2n) is 4.38. The molecule has 1 atom stereocenters. The molecule has 0 radical (unpaired) electrons. The van der Waals surface area contributed by atoms with Gasteiger partial charge in [-0.3, -0.25) is 0 Å². The number of anilines is 1. The van der Waals surface area contributed by atoms with Gasteiger partial charge in [0.15, 0.2) is 0 Å². The van der Waals surface area contributed by atoms with E-state index in [0.29, 0.717) is 0 Å². The van der Waals surface area contributed by atoms with Gasteiger partial charge in [0.1, 0.15) is 0 Å². The summed E-state index contributed by atoms with van der Waals surface area (Å²) >= 11 is 9.51. The molecule has 94 valence electrons. The average molecular weight is 325 g/mol. The van der Waals surface area contributed by atoms with Crippen LogP contribution in [0, 0.1) is 6.92 Å². The Kier molecular flexibility index (Phi) is 4.31. The van der Waals surface area contributed by atoms with E-state index in [2.05, 4.69) is 53.3 Å². The maximum atomic E-state index is 6.01. The summed E-state index contributed by atoms with van der Waals surface area (Å²) in [5, 5.41) is 4.28. The van der Waals surface area contributed by atoms with Gasteiger partial charge in [-0.2, -0.15) is 0 Å². The lowest BCUT2D eigenvalue weighted by atomic mass is 10.1. The molecule has 0 saturated carbocycles. The fraction of sp³-hybridized carbons (Fsp3) is 0.200. The van der Waals surface area contributed by atoms with Crippen molar-refractivity contribution >= 4 is 33.2 Å². The summed E-state index contributed by atoms with van der Waals surface area (Å²) in [6, 6.07) is 14.4. The van der Waals surface area contributed by atoms with Crippen LogP contribution < -0.4 is 5.32 Å². The molecule has 0 saturated heterocycles. The first-order valence-corrected chi connectivity index (χ1v) is 7.01. The van der Waals surface area contributed by atoms with Crippen molar-refractivity contribution in [2.24, 2.45) is 0 Å². The SMILES string of the molecule is Cc1ccc(Br)cc1NC(C)c1cccc(Cl)c1. The van der Waals surface area contributed by atoms with Crippen molar-refractivity contribution in [3.63, 3.8) is 0 Å². The zero-order valence-corrected chi connectivity index (χ0v) is 12.7. The number of nitrogens with one attached hydrogen (secondary N) is 1. The Bertz CT molecular complexity index is 554. The maximum absolute atomic E-state index is 6.01. The quantitative estimate of drug-likeness (QED) is 0.776. The van der Waals surface area contributed by atoms with Crippen LogP contribution in [-0.2, 0) is 0 Å². The van der Waals surface area contributed by atoms with E-state index in [-0.39, 0.29) is 6.04 Å². The van der Waals surface area contributed by atoms with Crippen LogP contribution in [0.2, 0.25) is 5.02 Å². The molecular formula is C15H15BrClN. The highest BCUT2D eigenvalue weighted by molar-refractivity contribution is 9.10. The van der Waals surface area contributed by atoms with Gasteiger partial charge in [0.2, 0.25) is 0 Å². The van der Waals surface area contributed by atoms with E-state index in [1.54, 1.807) is 0 Å². The standard InChI is InChI=1S/C15H15BrClN/c1-10-6-7-13(16)9-15(10)18-11(2)12-4-3-5-14(17)8-12/h3-9,11,18H,1-2H3. The molecule has 1 nitrogen and oxygen atoms in total. The number of hydrogen-bond acceptors (Lipinski definition) is 1. The number of hydrogen-bond donors (Lipinski definition) is 1. The summed E-state index contributed by atoms with van der Waals surface area (Å²) < 4.78 is 1.08. The van der Waals surface area contributed by atoms with E-state index < -0.39 is 0 Å². The first-order chi connectivity index (χ1) is 8.56. The fourth-order valence-corrected chi connectivity index (χ4v) is 2.40. The van der Waals surface area contributed by atoms with Gasteiger partial charge in [0.05, 0.1) is 0 Å². The molecule has 2 aromatic carbocycles. The van der Waals surface area contributed by atoms with E-state index >= 15 is 0 Å². The zero-order valence-electron chi connectivity index (χ0n) is 10.4. The van der Waals surface area contributed by atoms with Crippen molar-refractivity contribution < 1.29 is 0 Å². The largest absolute Gasteiger partial charge is 0.378 e. The Morgan fingerprint density at radius 2 is 1.94 bits per heavy atom. The minimum atomic E-state index is 0.219. The van der Waals surface area contributed by atoms with Crippen molar-refractivity contribution in [1.29, 1.82) is 0 Å². The van der Waals surface area contributed by atoms with Crippen molar-refractivity contribution in [1.82, 2.24) is 0 Å². The van der Waals surface area contributed by atoms with E-state index in [1.807, 2.05) is 24.3 Å². The van der Waals surface area contributed by atoms with Crippen molar-refractivity contribution in [3.05, 3.63) is 63.1 Å². The number of rotatable bonds is 3. The van der Waals surface area contributed by atoms with E-state index in [0.717, 1.165) is 15.2 Å². The van der Waals surface area contributed by atoms with Gasteiger partial charge in [-0.1, -0.05) is 45.7 Å². The molecule has 1 unspecified atom stereocenters. The van der Waals surface area contributed by atoms with Crippen molar-refractivity contribution in [2.75, 3.05) is 5.32 Å². The first-order valence-electron chi connectivity index (χ1n) is 5.84. The third kappa shape index (κ3) is 3.27. The number of aryl methyl sites for hydroxylation is 1. The molecule has 0 spiro atoms. The van der Waals surface area contributed by atoms with Crippen molar-refractivity contribution in [3.8, 4) is 0 Å². The Balaban J connectivity index is 2.21. The van der Waals surface area contributed by atoms with Crippen LogP contribution in [0.15, 0.2) is 46.9 Å². The minimum Gasteiger partial charge on any atom is -0.378 e. The third-order valence-corrected chi connectivity index (χ3v) is 3.65. The highest BCUT2D eigenvalue weighted by atomic mass is 79.9. The predicted octanol–water partition coefficient (Wildman–Crippen LogP) is 5.58. The lowest BCUT2D eigenvalue weighted by molar-refractivity contribution is 0.882. The Morgan fingerprint density at radius 1 is 1.17 bits per heavy atom. The molecule has 0 aliphatic carbocycles. The molecule has 0 aromatic heterocycles. The molecule has 0 amide bonds. The summed E-state index contributed by atoms with van der Waals surface area (Å²) in [4.78, 5) is 0. The van der Waals surface area contributed by atoms with Gasteiger partial charge >= 0.3 is 0 Å².